The van der Waals surface area contributed by atoms with Gasteiger partial charge in [0, 0.05) is 6.54 Å². The van der Waals surface area contributed by atoms with E-state index in [1.165, 1.54) is 6.33 Å². The van der Waals surface area contributed by atoms with Gasteiger partial charge in [-0.2, -0.15) is 0 Å². The highest BCUT2D eigenvalue weighted by atomic mass is 35.5. The number of nitrogens with one attached hydrogen (secondary N) is 2. The van der Waals surface area contributed by atoms with Gasteiger partial charge in [-0.1, -0.05) is 36.2 Å². The van der Waals surface area contributed by atoms with Crippen LogP contribution in [0.25, 0.3) is 0 Å². The Hall–Kier alpha value is -1.72. The predicted octanol–water partition coefficient (Wildman–Crippen LogP) is 4.36. The van der Waals surface area contributed by atoms with Crippen LogP contribution in [-0.4, -0.2) is 23.6 Å². The average Bonchev–Trinajstić information content (AvgIpc) is 2.50. The predicted molar refractivity (Wildman–Crippen MR) is 87.1 cm³/mol. The zero-order valence-corrected chi connectivity index (χ0v) is 13.3. The summed E-state index contributed by atoms with van der Waals surface area (Å²) in [6.07, 6.45) is 2.44. The Morgan fingerprint density at radius 1 is 1.19 bits per heavy atom. The maximum atomic E-state index is 6.17. The number of hydrogen-bond acceptors (Lipinski definition) is 5. The first kappa shape index (κ1) is 15.7. The molecule has 2 rings (SSSR count). The van der Waals surface area contributed by atoms with Gasteiger partial charge in [0.05, 0.1) is 22.8 Å². The Labute approximate surface area is 133 Å². The molecule has 1 aromatic carbocycles. The Balaban J connectivity index is 2.33. The standard InChI is InChI=1S/C14H16Cl2N4O/c1-3-7-17-13-12(21-2)14(19-8-18-13)20-10-6-4-5-9(15)11(10)16/h4-6,8H,3,7H2,1-2H3,(H2,17,18,19,20). The summed E-state index contributed by atoms with van der Waals surface area (Å²) in [5, 5.41) is 7.21. The van der Waals surface area contributed by atoms with Crippen LogP contribution in [0.5, 0.6) is 5.75 Å². The second kappa shape index (κ2) is 7.33. The van der Waals surface area contributed by atoms with Crippen LogP contribution in [0.15, 0.2) is 24.5 Å². The van der Waals surface area contributed by atoms with Gasteiger partial charge in [-0.15, -0.1) is 0 Å². The molecule has 0 amide bonds. The van der Waals surface area contributed by atoms with Crippen LogP contribution in [0, 0.1) is 0 Å². The normalized spacial score (nSPS) is 10.3. The van der Waals surface area contributed by atoms with Crippen LogP contribution in [-0.2, 0) is 0 Å². The van der Waals surface area contributed by atoms with E-state index in [4.69, 9.17) is 27.9 Å². The number of nitrogens with zero attached hydrogens (tertiary/aromatic N) is 2. The van der Waals surface area contributed by atoms with Crippen LogP contribution in [0.1, 0.15) is 13.3 Å². The number of rotatable bonds is 6. The maximum absolute atomic E-state index is 6.17. The Bertz CT molecular complexity index is 622. The molecule has 7 heteroatoms. The molecule has 21 heavy (non-hydrogen) atoms. The second-order valence-electron chi connectivity index (χ2n) is 4.26. The van der Waals surface area contributed by atoms with Gasteiger partial charge in [-0.05, 0) is 18.6 Å². The van der Waals surface area contributed by atoms with Gasteiger partial charge in [0.1, 0.15) is 6.33 Å². The minimum atomic E-state index is 0.433. The molecule has 0 saturated carbocycles. The first-order chi connectivity index (χ1) is 10.2. The van der Waals surface area contributed by atoms with Crippen LogP contribution >= 0.6 is 23.2 Å². The molecule has 0 aliphatic rings. The fourth-order valence-electron chi connectivity index (χ4n) is 1.75. The van der Waals surface area contributed by atoms with Crippen molar-refractivity contribution in [2.45, 2.75) is 13.3 Å². The zero-order valence-electron chi connectivity index (χ0n) is 11.8. The van der Waals surface area contributed by atoms with Crippen LogP contribution < -0.4 is 15.4 Å². The smallest absolute Gasteiger partial charge is 0.204 e. The summed E-state index contributed by atoms with van der Waals surface area (Å²) in [5.74, 6) is 1.69. The van der Waals surface area contributed by atoms with Gasteiger partial charge >= 0.3 is 0 Å². The van der Waals surface area contributed by atoms with Crippen molar-refractivity contribution in [2.75, 3.05) is 24.3 Å². The van der Waals surface area contributed by atoms with E-state index in [-0.39, 0.29) is 0 Å². The SMILES string of the molecule is CCCNc1ncnc(Nc2cccc(Cl)c2Cl)c1OC. The molecule has 0 aliphatic carbocycles. The molecule has 5 nitrogen and oxygen atoms in total. The quantitative estimate of drug-likeness (QED) is 0.826. The van der Waals surface area contributed by atoms with Crippen molar-refractivity contribution in [1.29, 1.82) is 0 Å². The lowest BCUT2D eigenvalue weighted by atomic mass is 10.3. The number of methoxy groups -OCH3 is 1. The van der Waals surface area contributed by atoms with E-state index in [2.05, 4.69) is 27.5 Å². The van der Waals surface area contributed by atoms with Crippen LogP contribution in [0.2, 0.25) is 10.0 Å². The third kappa shape index (κ3) is 3.68. The third-order valence-electron chi connectivity index (χ3n) is 2.76. The topological polar surface area (TPSA) is 59.1 Å². The molecule has 112 valence electrons. The monoisotopic (exact) mass is 326 g/mol. The summed E-state index contributed by atoms with van der Waals surface area (Å²) in [6.45, 7) is 2.87. The lowest BCUT2D eigenvalue weighted by Crippen LogP contribution is -2.07. The molecule has 0 unspecified atom stereocenters. The maximum Gasteiger partial charge on any atom is 0.204 e. The van der Waals surface area contributed by atoms with E-state index in [0.29, 0.717) is 33.1 Å². The first-order valence-electron chi connectivity index (χ1n) is 6.51. The van der Waals surface area contributed by atoms with Crippen molar-refractivity contribution in [3.8, 4) is 5.75 Å². The van der Waals surface area contributed by atoms with Gasteiger partial charge in [-0.25, -0.2) is 9.97 Å². The summed E-state index contributed by atoms with van der Waals surface area (Å²) in [6, 6.07) is 5.34. The highest BCUT2D eigenvalue weighted by Crippen LogP contribution is 2.35. The number of hydrogen-bond donors (Lipinski definition) is 2. The van der Waals surface area contributed by atoms with Crippen molar-refractivity contribution >= 4 is 40.5 Å². The molecular formula is C14H16Cl2N4O. The minimum absolute atomic E-state index is 0.433. The van der Waals surface area contributed by atoms with E-state index < -0.39 is 0 Å². The van der Waals surface area contributed by atoms with Crippen molar-refractivity contribution < 1.29 is 4.74 Å². The molecule has 1 aromatic heterocycles. The van der Waals surface area contributed by atoms with E-state index in [9.17, 15) is 0 Å². The fourth-order valence-corrected chi connectivity index (χ4v) is 2.10. The third-order valence-corrected chi connectivity index (χ3v) is 3.57. The van der Waals surface area contributed by atoms with Crippen molar-refractivity contribution in [1.82, 2.24) is 9.97 Å². The van der Waals surface area contributed by atoms with Crippen molar-refractivity contribution in [2.24, 2.45) is 0 Å². The number of aromatic nitrogens is 2. The lowest BCUT2D eigenvalue weighted by Gasteiger charge is -2.14. The summed E-state index contributed by atoms with van der Waals surface area (Å²) < 4.78 is 5.39. The van der Waals surface area contributed by atoms with E-state index >= 15 is 0 Å². The second-order valence-corrected chi connectivity index (χ2v) is 5.04. The zero-order chi connectivity index (χ0) is 15.2. The molecular weight excluding hydrogens is 311 g/mol. The van der Waals surface area contributed by atoms with Crippen molar-refractivity contribution in [3.63, 3.8) is 0 Å². The van der Waals surface area contributed by atoms with Crippen LogP contribution in [0.3, 0.4) is 0 Å². The summed E-state index contributed by atoms with van der Waals surface area (Å²) in [5.41, 5.74) is 0.655. The number of anilines is 3. The van der Waals surface area contributed by atoms with Gasteiger partial charge in [0.15, 0.2) is 11.6 Å². The van der Waals surface area contributed by atoms with Crippen LogP contribution in [0.4, 0.5) is 17.3 Å². The Kier molecular flexibility index (Phi) is 5.47. The number of halogens is 2. The highest BCUT2D eigenvalue weighted by Gasteiger charge is 2.13. The van der Waals surface area contributed by atoms with E-state index in [1.54, 1.807) is 19.2 Å². The molecule has 0 saturated heterocycles. The summed E-state index contributed by atoms with van der Waals surface area (Å²) in [4.78, 5) is 8.38. The van der Waals surface area contributed by atoms with Gasteiger partial charge in [0.2, 0.25) is 5.75 Å². The molecule has 0 radical (unpaired) electrons. The van der Waals surface area contributed by atoms with E-state index in [1.807, 2.05) is 6.07 Å². The average molecular weight is 327 g/mol. The van der Waals surface area contributed by atoms with Gasteiger partial charge < -0.3 is 15.4 Å². The van der Waals surface area contributed by atoms with Gasteiger partial charge in [0.25, 0.3) is 0 Å². The Morgan fingerprint density at radius 2 is 1.95 bits per heavy atom. The largest absolute Gasteiger partial charge is 0.490 e. The minimum Gasteiger partial charge on any atom is -0.490 e. The summed E-state index contributed by atoms with van der Waals surface area (Å²) in [7, 11) is 1.57. The highest BCUT2D eigenvalue weighted by molar-refractivity contribution is 6.43. The Morgan fingerprint density at radius 3 is 2.67 bits per heavy atom. The molecule has 0 atom stereocenters. The molecule has 0 spiro atoms. The first-order valence-corrected chi connectivity index (χ1v) is 7.26. The molecule has 0 bridgehead atoms. The van der Waals surface area contributed by atoms with E-state index in [0.717, 1.165) is 13.0 Å². The molecule has 1 heterocycles. The molecule has 2 aromatic rings. The molecule has 0 aliphatic heterocycles. The molecule has 0 fully saturated rings. The number of benzene rings is 1. The fraction of sp³-hybridized carbons (Fsp3) is 0.286. The molecule has 2 N–H and O–H groups in total. The van der Waals surface area contributed by atoms with Gasteiger partial charge in [-0.3, -0.25) is 0 Å². The van der Waals surface area contributed by atoms with Crippen molar-refractivity contribution in [3.05, 3.63) is 34.6 Å². The number of ether oxygens (including phenoxy) is 1. The summed E-state index contributed by atoms with van der Waals surface area (Å²) >= 11 is 12.2. The lowest BCUT2D eigenvalue weighted by molar-refractivity contribution is 0.415.